The van der Waals surface area contributed by atoms with E-state index in [0.29, 0.717) is 41.2 Å². The minimum atomic E-state index is -0.570. The van der Waals surface area contributed by atoms with Gasteiger partial charge in [0.1, 0.15) is 5.82 Å². The van der Waals surface area contributed by atoms with Crippen LogP contribution in [0, 0.1) is 12.7 Å². The Hall–Kier alpha value is -3.17. The minimum Gasteiger partial charge on any atom is -0.396 e. The number of carbonyl (C=O) groups is 2. The van der Waals surface area contributed by atoms with Crippen LogP contribution in [0.25, 0.3) is 11.6 Å². The van der Waals surface area contributed by atoms with E-state index in [2.05, 4.69) is 15.2 Å². The van der Waals surface area contributed by atoms with Crippen LogP contribution in [0.1, 0.15) is 32.9 Å². The van der Waals surface area contributed by atoms with Gasteiger partial charge in [0, 0.05) is 56.1 Å². The first-order chi connectivity index (χ1) is 15.4. The number of H-pyrrole nitrogens is 1. The summed E-state index contributed by atoms with van der Waals surface area (Å²) in [5.74, 6) is -0.886. The molecule has 2 amide bonds. The van der Waals surface area contributed by atoms with Crippen LogP contribution in [0.5, 0.6) is 0 Å². The number of nitrogens with one attached hydrogen (secondary N) is 2. The fraction of sp³-hybridized carbons (Fsp3) is 0.391. The molecule has 4 heterocycles. The van der Waals surface area contributed by atoms with Gasteiger partial charge in [0.2, 0.25) is 0 Å². The molecule has 1 fully saturated rings. The molecule has 0 radical (unpaired) electrons. The van der Waals surface area contributed by atoms with Crippen molar-refractivity contribution in [2.24, 2.45) is 0 Å². The number of amides is 2. The fourth-order valence-corrected chi connectivity index (χ4v) is 4.62. The molecule has 4 N–H and O–H groups in total. The molecule has 8 nitrogen and oxygen atoms in total. The van der Waals surface area contributed by atoms with Gasteiger partial charge in [-0.25, -0.2) is 4.39 Å². The number of aromatic nitrogens is 1. The van der Waals surface area contributed by atoms with E-state index in [-0.39, 0.29) is 17.5 Å². The van der Waals surface area contributed by atoms with Gasteiger partial charge in [-0.3, -0.25) is 14.5 Å². The molecule has 0 spiro atoms. The Morgan fingerprint density at radius 1 is 1.19 bits per heavy atom. The maximum Gasteiger partial charge on any atom is 0.256 e. The van der Waals surface area contributed by atoms with Gasteiger partial charge in [0.05, 0.1) is 35.7 Å². The van der Waals surface area contributed by atoms with Crippen molar-refractivity contribution < 1.29 is 18.7 Å². The second kappa shape index (κ2) is 8.07. The van der Waals surface area contributed by atoms with E-state index < -0.39 is 5.82 Å². The van der Waals surface area contributed by atoms with Crippen LogP contribution in [0.2, 0.25) is 0 Å². The smallest absolute Gasteiger partial charge is 0.256 e. The third kappa shape index (κ3) is 3.57. The number of fused-ring (bicyclic) bond motifs is 2. The Balaban J connectivity index is 1.40. The van der Waals surface area contributed by atoms with Gasteiger partial charge in [-0.15, -0.1) is 0 Å². The summed E-state index contributed by atoms with van der Waals surface area (Å²) in [6.07, 6.45) is 2.41. The van der Waals surface area contributed by atoms with Crippen LogP contribution >= 0.6 is 0 Å². The summed E-state index contributed by atoms with van der Waals surface area (Å²) in [5, 5.41) is 2.72. The number of carbonyl (C=O) groups excluding carboxylic acids is 2. The zero-order valence-corrected chi connectivity index (χ0v) is 18.0. The molecule has 168 valence electrons. The van der Waals surface area contributed by atoms with Crippen molar-refractivity contribution in [2.75, 3.05) is 57.0 Å². The maximum absolute atomic E-state index is 14.0. The molecule has 0 atom stereocenters. The molecule has 0 saturated carbocycles. The molecule has 3 aliphatic heterocycles. The Bertz CT molecular complexity index is 1130. The summed E-state index contributed by atoms with van der Waals surface area (Å²) in [4.78, 5) is 33.2. The lowest BCUT2D eigenvalue weighted by atomic mass is 10.0. The molecule has 5 rings (SSSR count). The summed E-state index contributed by atoms with van der Waals surface area (Å²) < 4.78 is 19.4. The van der Waals surface area contributed by atoms with E-state index in [1.165, 1.54) is 12.1 Å². The van der Waals surface area contributed by atoms with Gasteiger partial charge >= 0.3 is 0 Å². The Labute approximate surface area is 185 Å². The fourth-order valence-electron chi connectivity index (χ4n) is 4.62. The third-order valence-corrected chi connectivity index (χ3v) is 6.50. The summed E-state index contributed by atoms with van der Waals surface area (Å²) in [5.41, 5.74) is 9.94. The maximum atomic E-state index is 14.0. The number of aromatic amines is 1. The Kier molecular flexibility index (Phi) is 5.22. The molecule has 1 aromatic heterocycles. The Morgan fingerprint density at radius 3 is 2.75 bits per heavy atom. The van der Waals surface area contributed by atoms with E-state index in [0.717, 1.165) is 50.5 Å². The quantitative estimate of drug-likeness (QED) is 0.499. The highest BCUT2D eigenvalue weighted by Crippen LogP contribution is 2.36. The summed E-state index contributed by atoms with van der Waals surface area (Å²) >= 11 is 0. The van der Waals surface area contributed by atoms with Crippen molar-refractivity contribution in [3.05, 3.63) is 46.0 Å². The molecule has 0 unspecified atom stereocenters. The third-order valence-electron chi connectivity index (χ3n) is 6.50. The number of nitrogen functional groups attached to an aromatic ring is 1. The van der Waals surface area contributed by atoms with E-state index >= 15 is 0 Å². The number of benzene rings is 1. The van der Waals surface area contributed by atoms with Crippen molar-refractivity contribution in [1.29, 1.82) is 0 Å². The van der Waals surface area contributed by atoms with Crippen LogP contribution in [0.15, 0.2) is 12.1 Å². The largest absolute Gasteiger partial charge is 0.396 e. The van der Waals surface area contributed by atoms with Gasteiger partial charge in [-0.05, 0) is 30.7 Å². The monoisotopic (exact) mass is 439 g/mol. The van der Waals surface area contributed by atoms with Gasteiger partial charge in [0.15, 0.2) is 0 Å². The molecule has 0 aliphatic carbocycles. The van der Waals surface area contributed by atoms with Crippen molar-refractivity contribution >= 4 is 34.8 Å². The lowest BCUT2D eigenvalue weighted by Gasteiger charge is -2.32. The van der Waals surface area contributed by atoms with Crippen LogP contribution in [-0.4, -0.2) is 72.5 Å². The van der Waals surface area contributed by atoms with Crippen molar-refractivity contribution in [2.45, 2.75) is 13.3 Å². The molecular weight excluding hydrogens is 413 g/mol. The van der Waals surface area contributed by atoms with Crippen molar-refractivity contribution in [1.82, 2.24) is 14.8 Å². The van der Waals surface area contributed by atoms with Crippen LogP contribution < -0.4 is 11.1 Å². The zero-order valence-electron chi connectivity index (χ0n) is 18.0. The predicted molar refractivity (Wildman–Crippen MR) is 120 cm³/mol. The second-order valence-corrected chi connectivity index (χ2v) is 8.44. The number of nitrogens with two attached hydrogens (primary N) is 1. The summed E-state index contributed by atoms with van der Waals surface area (Å²) in [6.45, 7) is 7.29. The van der Waals surface area contributed by atoms with Crippen molar-refractivity contribution in [3.63, 3.8) is 0 Å². The number of halogens is 1. The molecule has 32 heavy (non-hydrogen) atoms. The molecule has 0 bridgehead atoms. The van der Waals surface area contributed by atoms with Crippen LogP contribution in [0.3, 0.4) is 0 Å². The lowest BCUT2D eigenvalue weighted by molar-refractivity contribution is -0.110. The van der Waals surface area contributed by atoms with Crippen LogP contribution in [0.4, 0.5) is 15.8 Å². The number of nitrogens with zero attached hydrogens (tertiary/aromatic N) is 2. The number of rotatable bonds is 4. The second-order valence-electron chi connectivity index (χ2n) is 8.44. The number of hydrogen-bond acceptors (Lipinski definition) is 5. The number of ether oxygens (including phenoxy) is 1. The number of anilines is 2. The summed E-state index contributed by atoms with van der Waals surface area (Å²) in [7, 11) is 0. The van der Waals surface area contributed by atoms with E-state index in [4.69, 9.17) is 10.5 Å². The topological polar surface area (TPSA) is 104 Å². The first-order valence-electron chi connectivity index (χ1n) is 10.9. The molecule has 1 aromatic carbocycles. The highest BCUT2D eigenvalue weighted by molar-refractivity contribution is 6.35. The highest BCUT2D eigenvalue weighted by atomic mass is 19.1. The normalized spacial score (nSPS) is 19.9. The first kappa shape index (κ1) is 20.7. The predicted octanol–water partition coefficient (Wildman–Crippen LogP) is 1.87. The summed E-state index contributed by atoms with van der Waals surface area (Å²) in [6, 6.07) is 2.69. The average Bonchev–Trinajstić information content (AvgIpc) is 3.25. The number of morpholine rings is 1. The highest BCUT2D eigenvalue weighted by Gasteiger charge is 2.31. The minimum absolute atomic E-state index is 0.00741. The zero-order chi connectivity index (χ0) is 22.4. The van der Waals surface area contributed by atoms with Gasteiger partial charge in [-0.2, -0.15) is 0 Å². The number of hydrogen-bond donors (Lipinski definition) is 3. The average molecular weight is 439 g/mol. The standard InChI is InChI=1S/C23H26FN5O3/c1-13-19(11-15-14-10-16(24)17(25)12-20(14)27-22(15)30)26-18-2-3-29(23(31)21(13)18)5-4-28-6-8-32-9-7-28/h10-12,26H,2-9,25H2,1H3,(H,27,30). The van der Waals surface area contributed by atoms with Crippen LogP contribution in [-0.2, 0) is 16.0 Å². The Morgan fingerprint density at radius 2 is 1.97 bits per heavy atom. The van der Waals surface area contributed by atoms with Gasteiger partial charge < -0.3 is 25.7 Å². The molecule has 3 aliphatic rings. The molecular formula is C23H26FN5O3. The van der Waals surface area contributed by atoms with Crippen molar-refractivity contribution in [3.8, 4) is 0 Å². The SMILES string of the molecule is Cc1c(C=C2C(=O)Nc3cc(N)c(F)cc32)[nH]c2c1C(=O)N(CCN1CCOCC1)CC2. The lowest BCUT2D eigenvalue weighted by Crippen LogP contribution is -2.45. The van der Waals surface area contributed by atoms with E-state index in [9.17, 15) is 14.0 Å². The first-order valence-corrected chi connectivity index (χ1v) is 10.9. The molecule has 2 aromatic rings. The van der Waals surface area contributed by atoms with Gasteiger partial charge in [0.25, 0.3) is 11.8 Å². The molecule has 9 heteroatoms. The van der Waals surface area contributed by atoms with E-state index in [1.54, 1.807) is 6.08 Å². The molecule has 1 saturated heterocycles. The van der Waals surface area contributed by atoms with E-state index in [1.807, 2.05) is 11.8 Å². The van der Waals surface area contributed by atoms with Gasteiger partial charge in [-0.1, -0.05) is 0 Å².